The van der Waals surface area contributed by atoms with Crippen molar-refractivity contribution in [2.75, 3.05) is 7.11 Å². The van der Waals surface area contributed by atoms with Crippen LogP contribution >= 0.6 is 0 Å². The number of carbonyl (C=O) groups is 1. The molecule has 0 bridgehead atoms. The van der Waals surface area contributed by atoms with E-state index in [0.29, 0.717) is 6.42 Å². The van der Waals surface area contributed by atoms with Crippen molar-refractivity contribution in [3.8, 4) is 11.1 Å². The highest BCUT2D eigenvalue weighted by molar-refractivity contribution is 5.73. The van der Waals surface area contributed by atoms with Crippen LogP contribution in [0.15, 0.2) is 60.7 Å². The molecule has 0 radical (unpaired) electrons. The first-order valence-corrected chi connectivity index (χ1v) is 15.8. The summed E-state index contributed by atoms with van der Waals surface area (Å²) in [7, 11) is 1.43. The third-order valence-electron chi connectivity index (χ3n) is 9.27. The first-order valence-electron chi connectivity index (χ1n) is 15.8. The lowest BCUT2D eigenvalue weighted by Gasteiger charge is -2.34. The van der Waals surface area contributed by atoms with Gasteiger partial charge in [0, 0.05) is 5.41 Å². The van der Waals surface area contributed by atoms with Crippen LogP contribution in [0.25, 0.3) is 11.1 Å². The summed E-state index contributed by atoms with van der Waals surface area (Å²) < 4.78 is 4.80. The van der Waals surface area contributed by atoms with Gasteiger partial charge in [-0.3, -0.25) is 4.79 Å². The van der Waals surface area contributed by atoms with E-state index >= 15 is 0 Å². The second kappa shape index (κ2) is 15.2. The van der Waals surface area contributed by atoms with E-state index in [1.807, 2.05) is 26.0 Å². The van der Waals surface area contributed by atoms with Gasteiger partial charge in [0.25, 0.3) is 0 Å². The van der Waals surface area contributed by atoms with Gasteiger partial charge in [0.15, 0.2) is 0 Å². The average Bonchev–Trinajstić information content (AvgIpc) is 3.00. The molecule has 2 nitrogen and oxygen atoms in total. The molecule has 0 N–H and O–H groups in total. The van der Waals surface area contributed by atoms with Gasteiger partial charge in [0.2, 0.25) is 0 Å². The number of hydrogen-bond donors (Lipinski definition) is 0. The van der Waals surface area contributed by atoms with E-state index in [2.05, 4.69) is 76.2 Å². The summed E-state index contributed by atoms with van der Waals surface area (Å²) in [6, 6.07) is 22.6. The van der Waals surface area contributed by atoms with E-state index in [9.17, 15) is 4.79 Å². The maximum Gasteiger partial charge on any atom is 0.309 e. The van der Waals surface area contributed by atoms with Gasteiger partial charge in [-0.05, 0) is 90.0 Å². The fourth-order valence-electron chi connectivity index (χ4n) is 6.67. The molecule has 1 fully saturated rings. The SMILES string of the molecule is CC.CCC(CC)(c1ccc(CCC2CCCCC2)c(C)c1)c1ccc(-c2ccc(CC(=O)OC)cc2)c(C)c1. The molecule has 3 aromatic carbocycles. The Balaban J connectivity index is 0.00000216. The number of aryl methyl sites for hydroxylation is 3. The number of hydrogen-bond acceptors (Lipinski definition) is 2. The molecule has 216 valence electrons. The van der Waals surface area contributed by atoms with Crippen LogP contribution < -0.4 is 0 Å². The maximum atomic E-state index is 11.6. The van der Waals surface area contributed by atoms with Crippen LogP contribution in [0.3, 0.4) is 0 Å². The molecule has 1 aliphatic rings. The Labute approximate surface area is 244 Å². The molecule has 4 rings (SSSR count). The second-order valence-electron chi connectivity index (χ2n) is 11.5. The Morgan fingerprint density at radius 1 is 0.825 bits per heavy atom. The number of esters is 1. The Morgan fingerprint density at radius 3 is 1.98 bits per heavy atom. The van der Waals surface area contributed by atoms with E-state index in [4.69, 9.17) is 4.74 Å². The highest BCUT2D eigenvalue weighted by atomic mass is 16.5. The van der Waals surface area contributed by atoms with Gasteiger partial charge >= 0.3 is 5.97 Å². The normalized spacial score (nSPS) is 13.9. The predicted octanol–water partition coefficient (Wildman–Crippen LogP) is 10.3. The molecule has 0 unspecified atom stereocenters. The minimum absolute atomic E-state index is 0.0142. The summed E-state index contributed by atoms with van der Waals surface area (Å²) in [6.07, 6.45) is 12.2. The average molecular weight is 541 g/mol. The first kappa shape index (κ1) is 31.7. The molecule has 3 aromatic rings. The predicted molar refractivity (Wildman–Crippen MR) is 171 cm³/mol. The van der Waals surface area contributed by atoms with Crippen molar-refractivity contribution in [1.82, 2.24) is 0 Å². The van der Waals surface area contributed by atoms with E-state index in [-0.39, 0.29) is 11.4 Å². The lowest BCUT2D eigenvalue weighted by atomic mass is 9.69. The van der Waals surface area contributed by atoms with Crippen LogP contribution in [0.2, 0.25) is 0 Å². The smallest absolute Gasteiger partial charge is 0.309 e. The van der Waals surface area contributed by atoms with Crippen molar-refractivity contribution >= 4 is 5.97 Å². The highest BCUT2D eigenvalue weighted by Crippen LogP contribution is 2.41. The number of methoxy groups -OCH3 is 1. The van der Waals surface area contributed by atoms with Crippen molar-refractivity contribution in [3.63, 3.8) is 0 Å². The standard InChI is InChI=1S/C36H46O2.C2H6/c1-6-36(7-2,32-20-19-30(26(3)23-32)16-13-28-11-9-8-10-12-28)33-21-22-34(27(4)24-33)31-17-14-29(15-18-31)25-35(37)38-5;1-2/h14-15,17-24,28H,6-13,16,25H2,1-5H3;1-2H3. The zero-order valence-electron chi connectivity index (χ0n) is 26.2. The molecule has 0 spiro atoms. The minimum Gasteiger partial charge on any atom is -0.469 e. The van der Waals surface area contributed by atoms with Gasteiger partial charge in [-0.25, -0.2) is 0 Å². The summed E-state index contributed by atoms with van der Waals surface area (Å²) in [6.45, 7) is 13.2. The summed E-state index contributed by atoms with van der Waals surface area (Å²) in [4.78, 5) is 11.6. The van der Waals surface area contributed by atoms with Crippen molar-refractivity contribution in [3.05, 3.63) is 94.0 Å². The van der Waals surface area contributed by atoms with Gasteiger partial charge in [-0.1, -0.05) is 120 Å². The van der Waals surface area contributed by atoms with Crippen molar-refractivity contribution in [2.24, 2.45) is 5.92 Å². The topological polar surface area (TPSA) is 26.3 Å². The van der Waals surface area contributed by atoms with Crippen molar-refractivity contribution < 1.29 is 9.53 Å². The van der Waals surface area contributed by atoms with E-state index in [1.54, 1.807) is 0 Å². The molecule has 1 aliphatic carbocycles. The van der Waals surface area contributed by atoms with Gasteiger partial charge in [-0.2, -0.15) is 0 Å². The van der Waals surface area contributed by atoms with E-state index < -0.39 is 0 Å². The van der Waals surface area contributed by atoms with Gasteiger partial charge < -0.3 is 4.74 Å². The van der Waals surface area contributed by atoms with Crippen LogP contribution in [-0.2, 0) is 27.8 Å². The van der Waals surface area contributed by atoms with Gasteiger partial charge in [-0.15, -0.1) is 0 Å². The van der Waals surface area contributed by atoms with Gasteiger partial charge in [0.05, 0.1) is 13.5 Å². The Kier molecular flexibility index (Phi) is 12.0. The van der Waals surface area contributed by atoms with E-state index in [0.717, 1.165) is 24.3 Å². The maximum absolute atomic E-state index is 11.6. The number of benzene rings is 3. The van der Waals surface area contributed by atoms with Crippen molar-refractivity contribution in [2.45, 2.75) is 111 Å². The molecular weight excluding hydrogens is 488 g/mol. The quantitative estimate of drug-likeness (QED) is 0.239. The van der Waals surface area contributed by atoms with Crippen LogP contribution in [0, 0.1) is 19.8 Å². The molecule has 0 aromatic heterocycles. The molecule has 0 amide bonds. The van der Waals surface area contributed by atoms with E-state index in [1.165, 1.54) is 91.0 Å². The molecule has 1 saturated carbocycles. The fourth-order valence-corrected chi connectivity index (χ4v) is 6.67. The second-order valence-corrected chi connectivity index (χ2v) is 11.5. The highest BCUT2D eigenvalue weighted by Gasteiger charge is 2.31. The number of ether oxygens (including phenoxy) is 1. The lowest BCUT2D eigenvalue weighted by Crippen LogP contribution is -2.26. The van der Waals surface area contributed by atoms with Crippen LogP contribution in [0.1, 0.15) is 112 Å². The molecule has 0 heterocycles. The van der Waals surface area contributed by atoms with Crippen molar-refractivity contribution in [1.29, 1.82) is 0 Å². The van der Waals surface area contributed by atoms with Crippen LogP contribution in [0.5, 0.6) is 0 Å². The minimum atomic E-state index is -0.207. The Morgan fingerprint density at radius 2 is 1.43 bits per heavy atom. The zero-order chi connectivity index (χ0) is 29.1. The third kappa shape index (κ3) is 7.45. The summed E-state index contributed by atoms with van der Waals surface area (Å²) in [5, 5.41) is 0. The summed E-state index contributed by atoms with van der Waals surface area (Å²) in [5.41, 5.74) is 10.5. The van der Waals surface area contributed by atoms with Gasteiger partial charge in [0.1, 0.15) is 0 Å². The largest absolute Gasteiger partial charge is 0.469 e. The number of carbonyl (C=O) groups excluding carboxylic acids is 1. The number of rotatable bonds is 10. The molecule has 2 heteroatoms. The molecule has 0 saturated heterocycles. The molecule has 0 aliphatic heterocycles. The molecular formula is C38H52O2. The lowest BCUT2D eigenvalue weighted by molar-refractivity contribution is -0.139. The third-order valence-corrected chi connectivity index (χ3v) is 9.27. The summed E-state index contributed by atoms with van der Waals surface area (Å²) >= 11 is 0. The first-order chi connectivity index (χ1) is 19.4. The van der Waals surface area contributed by atoms with Crippen LogP contribution in [-0.4, -0.2) is 13.1 Å². The Bertz CT molecular complexity index is 1210. The summed E-state index contributed by atoms with van der Waals surface area (Å²) in [5.74, 6) is 0.722. The fraction of sp³-hybridized carbons (Fsp3) is 0.500. The molecule has 0 atom stereocenters. The zero-order valence-corrected chi connectivity index (χ0v) is 26.2. The molecule has 40 heavy (non-hydrogen) atoms. The van der Waals surface area contributed by atoms with Crippen LogP contribution in [0.4, 0.5) is 0 Å². The monoisotopic (exact) mass is 540 g/mol. The Hall–Kier alpha value is -2.87.